The number of aliphatic hydroxyl groups is 1. The van der Waals surface area contributed by atoms with Crippen LogP contribution in [0, 0.1) is 0 Å². The van der Waals surface area contributed by atoms with Crippen LogP contribution in [0.3, 0.4) is 0 Å². The monoisotopic (exact) mass is 406 g/mol. The first-order valence-electron chi connectivity index (χ1n) is 9.17. The van der Waals surface area contributed by atoms with Gasteiger partial charge in [-0.3, -0.25) is 0 Å². The zero-order valence-corrected chi connectivity index (χ0v) is 16.5. The van der Waals surface area contributed by atoms with Crippen LogP contribution in [0.25, 0.3) is 11.1 Å². The number of esters is 1. The van der Waals surface area contributed by atoms with E-state index in [1.54, 1.807) is 6.92 Å². The lowest BCUT2D eigenvalue weighted by Gasteiger charge is -2.23. The SMILES string of the molecule is CC1(c2ccc(-c3ccc(Cl)cc3)cc2)OC(=O)C(OCc2ccccc2)=C1O. The van der Waals surface area contributed by atoms with E-state index in [2.05, 4.69) is 0 Å². The highest BCUT2D eigenvalue weighted by molar-refractivity contribution is 6.30. The molecule has 1 unspecified atom stereocenters. The Kier molecular flexibility index (Phi) is 5.03. The van der Waals surface area contributed by atoms with Crippen molar-refractivity contribution in [1.82, 2.24) is 0 Å². The molecule has 0 bridgehead atoms. The van der Waals surface area contributed by atoms with E-state index in [4.69, 9.17) is 21.1 Å². The minimum absolute atomic E-state index is 0.155. The summed E-state index contributed by atoms with van der Waals surface area (Å²) in [5, 5.41) is 11.4. The molecule has 0 saturated carbocycles. The van der Waals surface area contributed by atoms with Crippen LogP contribution in [-0.4, -0.2) is 11.1 Å². The molecule has 3 aromatic carbocycles. The van der Waals surface area contributed by atoms with Gasteiger partial charge < -0.3 is 14.6 Å². The summed E-state index contributed by atoms with van der Waals surface area (Å²) in [6.07, 6.45) is 0. The normalized spacial score (nSPS) is 18.6. The molecule has 0 spiro atoms. The number of aliphatic hydroxyl groups excluding tert-OH is 1. The maximum absolute atomic E-state index is 12.3. The Morgan fingerprint density at radius 3 is 2.14 bits per heavy atom. The molecule has 0 aliphatic carbocycles. The summed E-state index contributed by atoms with van der Waals surface area (Å²) in [6.45, 7) is 1.82. The summed E-state index contributed by atoms with van der Waals surface area (Å²) in [5.74, 6) is -1.06. The molecule has 0 radical (unpaired) electrons. The van der Waals surface area contributed by atoms with Crippen molar-refractivity contribution in [1.29, 1.82) is 0 Å². The number of carbonyl (C=O) groups is 1. The molecule has 0 amide bonds. The first kappa shape index (κ1) is 19.1. The summed E-state index contributed by atoms with van der Waals surface area (Å²) in [5.41, 5.74) is 2.26. The second kappa shape index (κ2) is 7.64. The second-order valence-corrected chi connectivity index (χ2v) is 7.40. The van der Waals surface area contributed by atoms with Gasteiger partial charge in [-0.15, -0.1) is 0 Å². The van der Waals surface area contributed by atoms with Crippen molar-refractivity contribution >= 4 is 17.6 Å². The van der Waals surface area contributed by atoms with Crippen LogP contribution < -0.4 is 0 Å². The third-order valence-corrected chi connectivity index (χ3v) is 5.24. The third-order valence-electron chi connectivity index (χ3n) is 4.99. The van der Waals surface area contributed by atoms with Gasteiger partial charge in [0.1, 0.15) is 6.61 Å². The van der Waals surface area contributed by atoms with Crippen molar-refractivity contribution in [3.63, 3.8) is 0 Å². The fourth-order valence-electron chi connectivity index (χ4n) is 3.27. The number of benzene rings is 3. The molecule has 3 aromatic rings. The zero-order valence-electron chi connectivity index (χ0n) is 15.8. The fraction of sp³-hybridized carbons (Fsp3) is 0.125. The molecule has 5 heteroatoms. The molecule has 0 fully saturated rings. The summed E-state index contributed by atoms with van der Waals surface area (Å²) in [6, 6.07) is 24.4. The summed E-state index contributed by atoms with van der Waals surface area (Å²) in [7, 11) is 0. The molecule has 0 aromatic heterocycles. The van der Waals surface area contributed by atoms with Crippen LogP contribution >= 0.6 is 11.6 Å². The van der Waals surface area contributed by atoms with E-state index >= 15 is 0 Å². The molecular weight excluding hydrogens is 388 g/mol. The van der Waals surface area contributed by atoms with Gasteiger partial charge in [0.2, 0.25) is 5.76 Å². The molecule has 29 heavy (non-hydrogen) atoms. The largest absolute Gasteiger partial charge is 0.505 e. The Balaban J connectivity index is 1.57. The van der Waals surface area contributed by atoms with E-state index in [1.807, 2.05) is 78.9 Å². The predicted octanol–water partition coefficient (Wildman–Crippen LogP) is 5.77. The number of hydrogen-bond donors (Lipinski definition) is 1. The lowest BCUT2D eigenvalue weighted by molar-refractivity contribution is -0.150. The van der Waals surface area contributed by atoms with E-state index < -0.39 is 11.6 Å². The van der Waals surface area contributed by atoms with Crippen LogP contribution in [0.1, 0.15) is 18.1 Å². The highest BCUT2D eigenvalue weighted by atomic mass is 35.5. The van der Waals surface area contributed by atoms with Crippen molar-refractivity contribution in [2.75, 3.05) is 0 Å². The Labute approximate surface area is 174 Å². The van der Waals surface area contributed by atoms with Crippen LogP contribution in [0.5, 0.6) is 0 Å². The Hall–Kier alpha value is -3.24. The summed E-state index contributed by atoms with van der Waals surface area (Å²) < 4.78 is 11.1. The molecular formula is C24H19ClO4. The molecule has 4 rings (SSSR count). The van der Waals surface area contributed by atoms with Gasteiger partial charge in [-0.1, -0.05) is 78.3 Å². The minimum atomic E-state index is -1.29. The molecule has 1 N–H and O–H groups in total. The summed E-state index contributed by atoms with van der Waals surface area (Å²) in [4.78, 5) is 12.3. The van der Waals surface area contributed by atoms with Gasteiger partial charge in [-0.2, -0.15) is 0 Å². The third kappa shape index (κ3) is 3.71. The first-order valence-corrected chi connectivity index (χ1v) is 9.55. The molecule has 1 heterocycles. The van der Waals surface area contributed by atoms with Gasteiger partial charge in [0.25, 0.3) is 0 Å². The minimum Gasteiger partial charge on any atom is -0.505 e. The van der Waals surface area contributed by atoms with E-state index in [0.29, 0.717) is 10.6 Å². The Bertz CT molecular complexity index is 1060. The smallest absolute Gasteiger partial charge is 0.378 e. The lowest BCUT2D eigenvalue weighted by atomic mass is 9.92. The van der Waals surface area contributed by atoms with Gasteiger partial charge >= 0.3 is 5.97 Å². The van der Waals surface area contributed by atoms with Crippen LogP contribution in [0.2, 0.25) is 5.02 Å². The highest BCUT2D eigenvalue weighted by Crippen LogP contribution is 2.40. The molecule has 0 saturated heterocycles. The van der Waals surface area contributed by atoms with E-state index in [9.17, 15) is 9.90 Å². The molecule has 1 aliphatic rings. The van der Waals surface area contributed by atoms with Crippen molar-refractivity contribution < 1.29 is 19.4 Å². The number of cyclic esters (lactones) is 1. The average molecular weight is 407 g/mol. The molecule has 146 valence electrons. The van der Waals surface area contributed by atoms with E-state index in [0.717, 1.165) is 16.7 Å². The fourth-order valence-corrected chi connectivity index (χ4v) is 3.40. The van der Waals surface area contributed by atoms with Crippen LogP contribution in [-0.2, 0) is 26.5 Å². The van der Waals surface area contributed by atoms with E-state index in [-0.39, 0.29) is 18.1 Å². The first-order chi connectivity index (χ1) is 14.0. The number of hydrogen-bond acceptors (Lipinski definition) is 4. The summed E-state index contributed by atoms with van der Waals surface area (Å²) >= 11 is 5.94. The van der Waals surface area contributed by atoms with Crippen LogP contribution in [0.15, 0.2) is 90.4 Å². The average Bonchev–Trinajstić information content (AvgIpc) is 2.97. The van der Waals surface area contributed by atoms with Crippen molar-refractivity contribution in [3.8, 4) is 11.1 Å². The van der Waals surface area contributed by atoms with Crippen molar-refractivity contribution in [2.45, 2.75) is 19.1 Å². The van der Waals surface area contributed by atoms with Gasteiger partial charge in [-0.05, 0) is 35.7 Å². The highest BCUT2D eigenvalue weighted by Gasteiger charge is 2.47. The van der Waals surface area contributed by atoms with E-state index in [1.165, 1.54) is 0 Å². The zero-order chi connectivity index (χ0) is 20.4. The number of halogens is 1. The second-order valence-electron chi connectivity index (χ2n) is 6.96. The topological polar surface area (TPSA) is 55.8 Å². The maximum atomic E-state index is 12.3. The molecule has 1 atom stereocenters. The van der Waals surface area contributed by atoms with Gasteiger partial charge in [-0.25, -0.2) is 4.79 Å². The Morgan fingerprint density at radius 1 is 0.931 bits per heavy atom. The van der Waals surface area contributed by atoms with Gasteiger partial charge in [0, 0.05) is 10.6 Å². The Morgan fingerprint density at radius 2 is 1.52 bits per heavy atom. The molecule has 1 aliphatic heterocycles. The number of rotatable bonds is 5. The van der Waals surface area contributed by atoms with Crippen molar-refractivity contribution in [3.05, 3.63) is 107 Å². The van der Waals surface area contributed by atoms with Crippen molar-refractivity contribution in [2.24, 2.45) is 0 Å². The van der Waals surface area contributed by atoms with Crippen LogP contribution in [0.4, 0.5) is 0 Å². The number of ether oxygens (including phenoxy) is 2. The lowest BCUT2D eigenvalue weighted by Crippen LogP contribution is -2.25. The van der Waals surface area contributed by atoms with Gasteiger partial charge in [0.05, 0.1) is 0 Å². The molecule has 4 nitrogen and oxygen atoms in total. The quantitative estimate of drug-likeness (QED) is 0.547. The predicted molar refractivity (Wildman–Crippen MR) is 111 cm³/mol. The number of carbonyl (C=O) groups excluding carboxylic acids is 1. The maximum Gasteiger partial charge on any atom is 0.378 e. The standard InChI is InChI=1S/C24H19ClO4/c1-24(19-11-7-17(8-12-19)18-9-13-20(25)14-10-18)22(26)21(23(27)29-24)28-15-16-5-3-2-4-6-16/h2-14,26H,15H2,1H3. The van der Waals surface area contributed by atoms with Gasteiger partial charge in [0.15, 0.2) is 11.4 Å².